The second kappa shape index (κ2) is 14.5. The Labute approximate surface area is 251 Å². The highest BCUT2D eigenvalue weighted by Crippen LogP contribution is 2.35. The highest BCUT2D eigenvalue weighted by Gasteiger charge is 2.32. The maximum atomic E-state index is 13.0. The van der Waals surface area contributed by atoms with Crippen LogP contribution in [0.2, 0.25) is 0 Å². The van der Waals surface area contributed by atoms with Crippen LogP contribution in [0.3, 0.4) is 0 Å². The first-order valence-corrected chi connectivity index (χ1v) is 14.6. The van der Waals surface area contributed by atoms with Crippen LogP contribution in [0.25, 0.3) is 16.5 Å². The van der Waals surface area contributed by atoms with Gasteiger partial charge in [-0.25, -0.2) is 5.84 Å². The lowest BCUT2D eigenvalue weighted by molar-refractivity contribution is 0.00206. The number of anilines is 2. The summed E-state index contributed by atoms with van der Waals surface area (Å²) in [5.74, 6) is 5.88. The second-order valence-corrected chi connectivity index (χ2v) is 10.2. The minimum absolute atomic E-state index is 0.304. The van der Waals surface area contributed by atoms with E-state index in [1.807, 2.05) is 30.3 Å². The molecule has 0 aliphatic carbocycles. The topological polar surface area (TPSA) is 133 Å². The summed E-state index contributed by atoms with van der Waals surface area (Å²) in [5, 5.41) is 2.74. The molecule has 0 aromatic heterocycles. The molecule has 1 saturated heterocycles. The fourth-order valence-corrected chi connectivity index (χ4v) is 5.28. The Kier molecular flexibility index (Phi) is 10.2. The zero-order valence-electron chi connectivity index (χ0n) is 24.5. The van der Waals surface area contributed by atoms with Gasteiger partial charge in [-0.3, -0.25) is 19.5 Å². The molecule has 2 aliphatic heterocycles. The number of carbonyl (C=O) groups excluding carboxylic acids is 2. The first-order valence-electron chi connectivity index (χ1n) is 14.6. The number of ether oxygens (including phenoxy) is 4. The van der Waals surface area contributed by atoms with Crippen molar-refractivity contribution in [3.63, 3.8) is 0 Å². The summed E-state index contributed by atoms with van der Waals surface area (Å²) < 4.78 is 22.5. The molecular weight excluding hydrogens is 550 g/mol. The van der Waals surface area contributed by atoms with E-state index in [1.54, 1.807) is 37.4 Å². The van der Waals surface area contributed by atoms with E-state index >= 15 is 0 Å². The van der Waals surface area contributed by atoms with Crippen molar-refractivity contribution < 1.29 is 28.5 Å². The number of benzene rings is 3. The van der Waals surface area contributed by atoms with Crippen LogP contribution in [0.1, 0.15) is 33.2 Å². The van der Waals surface area contributed by atoms with Crippen LogP contribution in [0.5, 0.6) is 0 Å². The molecule has 43 heavy (non-hydrogen) atoms. The van der Waals surface area contributed by atoms with Gasteiger partial charge >= 0.3 is 0 Å². The van der Waals surface area contributed by atoms with Crippen molar-refractivity contribution in [3.8, 4) is 0 Å². The van der Waals surface area contributed by atoms with Gasteiger partial charge in [-0.15, -0.1) is 0 Å². The number of nitrogens with two attached hydrogens (primary N) is 2. The van der Waals surface area contributed by atoms with Crippen LogP contribution in [0.4, 0.5) is 11.4 Å². The number of rotatable bonds is 5. The van der Waals surface area contributed by atoms with Crippen molar-refractivity contribution in [1.82, 2.24) is 4.90 Å². The Morgan fingerprint density at radius 2 is 1.35 bits per heavy atom. The molecule has 0 bridgehead atoms. The summed E-state index contributed by atoms with van der Waals surface area (Å²) >= 11 is 0. The number of amides is 2. The lowest BCUT2D eigenvalue weighted by atomic mass is 9.93. The maximum Gasteiger partial charge on any atom is 0.261 e. The molecule has 228 valence electrons. The second-order valence-electron chi connectivity index (χ2n) is 10.2. The Morgan fingerprint density at radius 3 is 1.93 bits per heavy atom. The van der Waals surface area contributed by atoms with Crippen molar-refractivity contribution >= 4 is 39.7 Å². The van der Waals surface area contributed by atoms with Gasteiger partial charge in [0, 0.05) is 53.4 Å². The molecule has 3 aromatic rings. The molecule has 2 heterocycles. The predicted octanol–water partition coefficient (Wildman–Crippen LogP) is 2.98. The molecule has 11 nitrogen and oxygen atoms in total. The molecule has 11 heteroatoms. The average molecular weight is 590 g/mol. The number of carbonyl (C=O) groups is 2. The SMILES string of the molecule is CCN1C(=O)c2cccc3c(N(N)/C=C(\N)c4ccc(N5CCOCCOCCOCCOCC5)cc4)ccc(c23)C1=O. The molecule has 0 saturated carbocycles. The summed E-state index contributed by atoms with van der Waals surface area (Å²) in [7, 11) is 0. The van der Waals surface area contributed by atoms with Crippen LogP contribution >= 0.6 is 0 Å². The van der Waals surface area contributed by atoms with Crippen molar-refractivity contribution in [3.05, 3.63) is 77.5 Å². The van der Waals surface area contributed by atoms with Gasteiger partial charge in [0.15, 0.2) is 0 Å². The van der Waals surface area contributed by atoms with Crippen LogP contribution in [-0.4, -0.2) is 89.2 Å². The smallest absolute Gasteiger partial charge is 0.261 e. The fraction of sp³-hybridized carbons (Fsp3) is 0.375. The van der Waals surface area contributed by atoms with Crippen molar-refractivity contribution in [2.24, 2.45) is 11.6 Å². The van der Waals surface area contributed by atoms with E-state index in [0.29, 0.717) is 106 Å². The van der Waals surface area contributed by atoms with E-state index in [9.17, 15) is 9.59 Å². The molecule has 2 amide bonds. The van der Waals surface area contributed by atoms with Gasteiger partial charge in [0.25, 0.3) is 11.8 Å². The third kappa shape index (κ3) is 6.98. The summed E-state index contributed by atoms with van der Waals surface area (Å²) in [6.45, 7) is 7.85. The summed E-state index contributed by atoms with van der Waals surface area (Å²) in [4.78, 5) is 29.4. The van der Waals surface area contributed by atoms with Gasteiger partial charge in [0.2, 0.25) is 0 Å². The van der Waals surface area contributed by atoms with Gasteiger partial charge in [-0.2, -0.15) is 0 Å². The van der Waals surface area contributed by atoms with Gasteiger partial charge in [-0.05, 0) is 42.8 Å². The molecule has 0 radical (unpaired) electrons. The van der Waals surface area contributed by atoms with E-state index in [0.717, 1.165) is 11.3 Å². The molecule has 5 rings (SSSR count). The van der Waals surface area contributed by atoms with Gasteiger partial charge in [-0.1, -0.05) is 24.3 Å². The monoisotopic (exact) mass is 589 g/mol. The largest absolute Gasteiger partial charge is 0.397 e. The van der Waals surface area contributed by atoms with Crippen LogP contribution < -0.4 is 21.5 Å². The minimum Gasteiger partial charge on any atom is -0.397 e. The number of nitrogens with zero attached hydrogens (tertiary/aromatic N) is 3. The zero-order valence-corrected chi connectivity index (χ0v) is 24.5. The van der Waals surface area contributed by atoms with Crippen molar-refractivity contribution in [2.45, 2.75) is 6.92 Å². The molecular formula is C32H39N5O6. The fourth-order valence-electron chi connectivity index (χ4n) is 5.28. The van der Waals surface area contributed by atoms with E-state index in [1.165, 1.54) is 9.91 Å². The van der Waals surface area contributed by atoms with Gasteiger partial charge in [0.05, 0.1) is 64.2 Å². The van der Waals surface area contributed by atoms with E-state index < -0.39 is 0 Å². The summed E-state index contributed by atoms with van der Waals surface area (Å²) in [6, 6.07) is 16.8. The van der Waals surface area contributed by atoms with Gasteiger partial charge in [0.1, 0.15) is 0 Å². The van der Waals surface area contributed by atoms with E-state index in [4.69, 9.17) is 30.5 Å². The third-order valence-electron chi connectivity index (χ3n) is 7.53. The van der Waals surface area contributed by atoms with Crippen LogP contribution in [0, 0.1) is 0 Å². The minimum atomic E-state index is -0.304. The number of imide groups is 1. The standard InChI is InChI=1S/C32H39N5O6/c1-2-36-31(38)26-5-3-4-25-29(11-10-27(30(25)26)32(36)39)37(34)22-28(33)23-6-8-24(9-7-23)35-12-14-40-16-18-42-20-21-43-19-17-41-15-13-35/h3-11,22H,2,12-21,33-34H2,1H3/b28-22-. The zero-order chi connectivity index (χ0) is 30.2. The molecule has 1 fully saturated rings. The highest BCUT2D eigenvalue weighted by atomic mass is 16.6. The summed E-state index contributed by atoms with van der Waals surface area (Å²) in [6.07, 6.45) is 1.64. The molecule has 2 aliphatic rings. The summed E-state index contributed by atoms with van der Waals surface area (Å²) in [5.41, 5.74) is 10.4. The molecule has 0 atom stereocenters. The maximum absolute atomic E-state index is 13.0. The Hall–Kier alpha value is -4.00. The molecule has 0 spiro atoms. The first-order chi connectivity index (χ1) is 21.0. The number of hydrazine groups is 1. The van der Waals surface area contributed by atoms with Gasteiger partial charge < -0.3 is 29.6 Å². The number of hydrogen-bond donors (Lipinski definition) is 2. The van der Waals surface area contributed by atoms with Crippen molar-refractivity contribution in [2.75, 3.05) is 82.4 Å². The Bertz CT molecular complexity index is 1420. The van der Waals surface area contributed by atoms with E-state index in [-0.39, 0.29) is 11.8 Å². The molecule has 3 aromatic carbocycles. The van der Waals surface area contributed by atoms with E-state index in [2.05, 4.69) is 4.90 Å². The Morgan fingerprint density at radius 1 is 0.791 bits per heavy atom. The lowest BCUT2D eigenvalue weighted by Crippen LogP contribution is -2.40. The third-order valence-corrected chi connectivity index (χ3v) is 7.53. The number of hydrogen-bond acceptors (Lipinski definition) is 10. The highest BCUT2D eigenvalue weighted by molar-refractivity contribution is 6.26. The average Bonchev–Trinajstić information content (AvgIpc) is 3.03. The Balaban J connectivity index is 1.32. The predicted molar refractivity (Wildman–Crippen MR) is 166 cm³/mol. The lowest BCUT2D eigenvalue weighted by Gasteiger charge is -2.27. The first kappa shape index (κ1) is 30.5. The van der Waals surface area contributed by atoms with Crippen LogP contribution in [-0.2, 0) is 18.9 Å². The molecule has 4 N–H and O–H groups in total. The quantitative estimate of drug-likeness (QED) is 0.260. The molecule has 0 unspecified atom stereocenters. The van der Waals surface area contributed by atoms with Crippen LogP contribution in [0.15, 0.2) is 60.8 Å². The van der Waals surface area contributed by atoms with Crippen molar-refractivity contribution in [1.29, 1.82) is 0 Å². The normalized spacial score (nSPS) is 18.0.